The maximum absolute atomic E-state index is 13.8. The van der Waals surface area contributed by atoms with Gasteiger partial charge in [0.2, 0.25) is 6.29 Å². The first-order valence-electron chi connectivity index (χ1n) is 18.9. The molecule has 0 unspecified atom stereocenters. The fourth-order valence-electron chi connectivity index (χ4n) is 6.82. The molecule has 0 bridgehead atoms. The Morgan fingerprint density at radius 2 is 1.00 bits per heavy atom. The lowest BCUT2D eigenvalue weighted by Gasteiger charge is -2.49. The number of hydrogen-bond acceptors (Lipinski definition) is 11. The van der Waals surface area contributed by atoms with Gasteiger partial charge in [0.25, 0.3) is 0 Å². The van der Waals surface area contributed by atoms with E-state index in [0.717, 1.165) is 16.7 Å². The minimum absolute atomic E-state index is 0.128. The number of esters is 2. The van der Waals surface area contributed by atoms with E-state index < -0.39 is 73.4 Å². The maximum Gasteiger partial charge on any atom is 0.338 e. The second kappa shape index (κ2) is 20.4. The van der Waals surface area contributed by atoms with E-state index >= 15 is 0 Å². The number of ether oxygens (including phenoxy) is 9. The van der Waals surface area contributed by atoms with Crippen LogP contribution < -0.4 is 0 Å². The summed E-state index contributed by atoms with van der Waals surface area (Å²) in [5.74, 6) is -1.17. The van der Waals surface area contributed by atoms with Crippen LogP contribution in [0.4, 0.5) is 0 Å². The Hall–Kier alpha value is -4.72. The van der Waals surface area contributed by atoms with Gasteiger partial charge in [-0.3, -0.25) is 4.79 Å². The second-order valence-corrected chi connectivity index (χ2v) is 13.7. The zero-order valence-electron chi connectivity index (χ0n) is 31.9. The molecule has 2 aliphatic heterocycles. The molecule has 0 aliphatic carbocycles. The van der Waals surface area contributed by atoms with Crippen molar-refractivity contribution in [1.29, 1.82) is 0 Å². The van der Waals surface area contributed by atoms with Crippen LogP contribution in [-0.4, -0.2) is 80.0 Å². The predicted molar refractivity (Wildman–Crippen MR) is 206 cm³/mol. The molecule has 0 amide bonds. The molecule has 4 aromatic carbocycles. The molecule has 0 saturated carbocycles. The summed E-state index contributed by atoms with van der Waals surface area (Å²) < 4.78 is 57.9. The van der Waals surface area contributed by atoms with Crippen LogP contribution in [0.25, 0.3) is 0 Å². The van der Waals surface area contributed by atoms with Crippen molar-refractivity contribution in [3.63, 3.8) is 0 Å². The smallest absolute Gasteiger partial charge is 0.338 e. The quantitative estimate of drug-likeness (QED) is 0.0819. The molecular formula is C45H50O11. The molecule has 2 heterocycles. The van der Waals surface area contributed by atoms with Crippen molar-refractivity contribution in [3.05, 3.63) is 156 Å². The van der Waals surface area contributed by atoms with E-state index in [9.17, 15) is 9.59 Å². The first-order chi connectivity index (χ1) is 27.3. The summed E-state index contributed by atoms with van der Waals surface area (Å²) in [6.45, 7) is 9.57. The van der Waals surface area contributed by atoms with Gasteiger partial charge in [-0.2, -0.15) is 0 Å². The topological polar surface area (TPSA) is 117 Å². The largest absolute Gasteiger partial charge is 0.450 e. The molecule has 2 aliphatic rings. The lowest BCUT2D eigenvalue weighted by Crippen LogP contribution is -2.65. The Balaban J connectivity index is 1.37. The standard InChI is InChI=1S/C45H50O11/c1-5-26-48-39-37(49-27-33-18-10-6-11-19-33)30(2)53-45(42(39)55-43(47)36-24-16-9-17-25-36)56-40-38(50-28-34-20-12-7-13-21-34)31(3)52-44(54-32(4)46)41(40)51-29-35-22-14-8-15-23-35/h5-25,30-31,37-42,44-45H,1,26-29H2,2-4H3/t30-,31+,37+,38+,39+,40-,41-,42-,44+,45+/m0/s1. The van der Waals surface area contributed by atoms with E-state index in [4.69, 9.17) is 42.6 Å². The van der Waals surface area contributed by atoms with Crippen molar-refractivity contribution < 1.29 is 52.2 Å². The van der Waals surface area contributed by atoms with Gasteiger partial charge < -0.3 is 42.6 Å². The van der Waals surface area contributed by atoms with Gasteiger partial charge in [-0.25, -0.2) is 4.79 Å². The lowest BCUT2D eigenvalue weighted by molar-refractivity contribution is -0.363. The van der Waals surface area contributed by atoms with Gasteiger partial charge in [0.1, 0.15) is 30.5 Å². The van der Waals surface area contributed by atoms with Gasteiger partial charge in [-0.15, -0.1) is 6.58 Å². The molecular weight excluding hydrogens is 716 g/mol. The average Bonchev–Trinajstić information content (AvgIpc) is 3.21. The molecule has 6 rings (SSSR count). The minimum atomic E-state index is -1.23. The average molecular weight is 767 g/mol. The van der Waals surface area contributed by atoms with Crippen LogP contribution in [0.5, 0.6) is 0 Å². The first-order valence-corrected chi connectivity index (χ1v) is 18.9. The molecule has 56 heavy (non-hydrogen) atoms. The molecule has 2 fully saturated rings. The number of hydrogen-bond donors (Lipinski definition) is 0. The Kier molecular flexibility index (Phi) is 14.9. The van der Waals surface area contributed by atoms with Crippen LogP contribution in [0.1, 0.15) is 47.8 Å². The van der Waals surface area contributed by atoms with Crippen LogP contribution in [0.2, 0.25) is 0 Å². The zero-order chi connectivity index (χ0) is 39.3. The van der Waals surface area contributed by atoms with Crippen LogP contribution in [0.15, 0.2) is 134 Å². The molecule has 11 heteroatoms. The maximum atomic E-state index is 13.8. The first kappa shape index (κ1) is 40.9. The van der Waals surface area contributed by atoms with Crippen LogP contribution in [0.3, 0.4) is 0 Å². The summed E-state index contributed by atoms with van der Waals surface area (Å²) in [6.07, 6.45) is -7.53. The summed E-state index contributed by atoms with van der Waals surface area (Å²) >= 11 is 0. The van der Waals surface area contributed by atoms with Crippen molar-refractivity contribution in [3.8, 4) is 0 Å². The monoisotopic (exact) mass is 766 g/mol. The van der Waals surface area contributed by atoms with E-state index in [1.165, 1.54) is 6.92 Å². The van der Waals surface area contributed by atoms with Crippen molar-refractivity contribution in [2.45, 2.75) is 102 Å². The number of carbonyl (C=O) groups excluding carboxylic acids is 2. The van der Waals surface area contributed by atoms with E-state index in [0.29, 0.717) is 5.56 Å². The molecule has 10 atom stereocenters. The Morgan fingerprint density at radius 3 is 1.48 bits per heavy atom. The molecule has 0 N–H and O–H groups in total. The van der Waals surface area contributed by atoms with Crippen molar-refractivity contribution >= 4 is 11.9 Å². The molecule has 11 nitrogen and oxygen atoms in total. The highest BCUT2D eigenvalue weighted by molar-refractivity contribution is 5.89. The van der Waals surface area contributed by atoms with Gasteiger partial charge in [0.15, 0.2) is 12.4 Å². The third-order valence-electron chi connectivity index (χ3n) is 9.54. The van der Waals surface area contributed by atoms with E-state index in [1.54, 1.807) is 30.3 Å². The fourth-order valence-corrected chi connectivity index (χ4v) is 6.82. The Morgan fingerprint density at radius 1 is 0.554 bits per heavy atom. The van der Waals surface area contributed by atoms with Crippen molar-refractivity contribution in [2.24, 2.45) is 0 Å². The Labute approximate surface area is 328 Å². The molecule has 2 saturated heterocycles. The van der Waals surface area contributed by atoms with Crippen LogP contribution in [0, 0.1) is 0 Å². The van der Waals surface area contributed by atoms with Crippen molar-refractivity contribution in [2.75, 3.05) is 6.61 Å². The summed E-state index contributed by atoms with van der Waals surface area (Å²) in [5.41, 5.74) is 3.08. The SMILES string of the molecule is C=CCO[C@H]1[C@H](OC(=O)c2ccccc2)[C@@H](O[C@@H]2[C@H](OCc3ccccc3)[C@@H](OC(C)=O)O[C@H](C)[C@H]2OCc2ccccc2)O[C@@H](C)[C@H]1OCc1ccccc1. The second-order valence-electron chi connectivity index (χ2n) is 13.7. The fraction of sp³-hybridized carbons (Fsp3) is 0.378. The normalized spacial score (nSPS) is 27.6. The van der Waals surface area contributed by atoms with Gasteiger partial charge in [0.05, 0.1) is 44.2 Å². The van der Waals surface area contributed by atoms with Gasteiger partial charge in [-0.1, -0.05) is 115 Å². The molecule has 296 valence electrons. The number of benzene rings is 4. The summed E-state index contributed by atoms with van der Waals surface area (Å²) in [6, 6.07) is 37.7. The summed E-state index contributed by atoms with van der Waals surface area (Å²) in [7, 11) is 0. The van der Waals surface area contributed by atoms with Crippen LogP contribution in [-0.2, 0) is 67.2 Å². The number of carbonyl (C=O) groups is 2. The van der Waals surface area contributed by atoms with E-state index in [1.807, 2.05) is 111 Å². The molecule has 0 spiro atoms. The van der Waals surface area contributed by atoms with Crippen molar-refractivity contribution in [1.82, 2.24) is 0 Å². The zero-order valence-corrected chi connectivity index (χ0v) is 31.9. The van der Waals surface area contributed by atoms with Crippen LogP contribution >= 0.6 is 0 Å². The van der Waals surface area contributed by atoms with Gasteiger partial charge in [0, 0.05) is 6.92 Å². The Bertz CT molecular complexity index is 1790. The van der Waals surface area contributed by atoms with Gasteiger partial charge >= 0.3 is 11.9 Å². The lowest BCUT2D eigenvalue weighted by atomic mass is 9.96. The molecule has 0 radical (unpaired) electrons. The minimum Gasteiger partial charge on any atom is -0.450 e. The third-order valence-corrected chi connectivity index (χ3v) is 9.54. The third kappa shape index (κ3) is 11.0. The highest BCUT2D eigenvalue weighted by Crippen LogP contribution is 2.36. The number of rotatable bonds is 17. The van der Waals surface area contributed by atoms with Gasteiger partial charge in [-0.05, 0) is 42.7 Å². The predicted octanol–water partition coefficient (Wildman–Crippen LogP) is 6.98. The summed E-state index contributed by atoms with van der Waals surface area (Å²) in [5, 5.41) is 0. The molecule has 4 aromatic rings. The highest BCUT2D eigenvalue weighted by Gasteiger charge is 2.54. The van der Waals surface area contributed by atoms with E-state index in [-0.39, 0.29) is 26.4 Å². The van der Waals surface area contributed by atoms with E-state index in [2.05, 4.69) is 6.58 Å². The molecule has 0 aromatic heterocycles. The summed E-state index contributed by atoms with van der Waals surface area (Å²) in [4.78, 5) is 26.3. The highest BCUT2D eigenvalue weighted by atomic mass is 16.8.